The lowest BCUT2D eigenvalue weighted by molar-refractivity contribution is -0.128. The lowest BCUT2D eigenvalue weighted by Gasteiger charge is -2.18. The van der Waals surface area contributed by atoms with Gasteiger partial charge in [0.2, 0.25) is 11.8 Å². The van der Waals surface area contributed by atoms with E-state index >= 15 is 0 Å². The van der Waals surface area contributed by atoms with E-state index in [2.05, 4.69) is 11.9 Å². The van der Waals surface area contributed by atoms with E-state index in [1.807, 2.05) is 0 Å². The van der Waals surface area contributed by atoms with Crippen molar-refractivity contribution in [2.45, 2.75) is 13.3 Å². The van der Waals surface area contributed by atoms with Crippen molar-refractivity contribution in [3.8, 4) is 0 Å². The first-order chi connectivity index (χ1) is 9.45. The normalized spacial score (nSPS) is 9.95. The number of benzene rings is 1. The molecule has 0 aliphatic rings. The lowest BCUT2D eigenvalue weighted by atomic mass is 10.3. The highest BCUT2D eigenvalue weighted by molar-refractivity contribution is 6.43. The summed E-state index contributed by atoms with van der Waals surface area (Å²) < 4.78 is 0. The van der Waals surface area contributed by atoms with Crippen LogP contribution >= 0.6 is 23.2 Å². The van der Waals surface area contributed by atoms with Gasteiger partial charge in [-0.2, -0.15) is 0 Å². The Morgan fingerprint density at radius 3 is 2.70 bits per heavy atom. The smallest absolute Gasteiger partial charge is 0.226 e. The first-order valence-corrected chi connectivity index (χ1v) is 6.81. The van der Waals surface area contributed by atoms with Crippen molar-refractivity contribution in [1.29, 1.82) is 0 Å². The Labute approximate surface area is 128 Å². The highest BCUT2D eigenvalue weighted by Crippen LogP contribution is 2.29. The third-order valence-electron chi connectivity index (χ3n) is 2.63. The topological polar surface area (TPSA) is 49.4 Å². The summed E-state index contributed by atoms with van der Waals surface area (Å²) in [5.41, 5.74) is 0.460. The molecule has 0 atom stereocenters. The van der Waals surface area contributed by atoms with Gasteiger partial charge in [0.25, 0.3) is 0 Å². The molecule has 2 amide bonds. The predicted molar refractivity (Wildman–Crippen MR) is 82.2 cm³/mol. The average molecular weight is 315 g/mol. The molecule has 0 heterocycles. The monoisotopic (exact) mass is 314 g/mol. The summed E-state index contributed by atoms with van der Waals surface area (Å²) in [5, 5.41) is 3.35. The summed E-state index contributed by atoms with van der Waals surface area (Å²) >= 11 is 11.8. The van der Waals surface area contributed by atoms with E-state index < -0.39 is 0 Å². The fraction of sp³-hybridized carbons (Fsp3) is 0.286. The van der Waals surface area contributed by atoms with Crippen molar-refractivity contribution in [3.63, 3.8) is 0 Å². The molecular weight excluding hydrogens is 299 g/mol. The van der Waals surface area contributed by atoms with E-state index in [-0.39, 0.29) is 18.2 Å². The maximum absolute atomic E-state index is 11.8. The highest BCUT2D eigenvalue weighted by atomic mass is 35.5. The Balaban J connectivity index is 2.57. The second-order valence-electron chi connectivity index (χ2n) is 4.15. The van der Waals surface area contributed by atoms with Gasteiger partial charge in [-0.3, -0.25) is 9.59 Å². The molecule has 0 unspecified atom stereocenters. The third kappa shape index (κ3) is 4.87. The summed E-state index contributed by atoms with van der Waals surface area (Å²) in [7, 11) is 0. The molecule has 108 valence electrons. The molecular formula is C14H16Cl2N2O2. The maximum atomic E-state index is 11.8. The van der Waals surface area contributed by atoms with Crippen LogP contribution in [0.1, 0.15) is 13.3 Å². The van der Waals surface area contributed by atoms with E-state index in [1.165, 1.54) is 11.8 Å². The van der Waals surface area contributed by atoms with Crippen LogP contribution in [0.3, 0.4) is 0 Å². The van der Waals surface area contributed by atoms with E-state index in [0.717, 1.165) is 0 Å². The number of carbonyl (C=O) groups excluding carboxylic acids is 2. The van der Waals surface area contributed by atoms with Crippen LogP contribution < -0.4 is 5.32 Å². The zero-order valence-corrected chi connectivity index (χ0v) is 12.7. The summed E-state index contributed by atoms with van der Waals surface area (Å²) in [4.78, 5) is 24.7. The number of halogens is 2. The zero-order valence-electron chi connectivity index (χ0n) is 11.2. The van der Waals surface area contributed by atoms with Crippen molar-refractivity contribution in [2.75, 3.05) is 18.4 Å². The molecule has 1 aromatic carbocycles. The van der Waals surface area contributed by atoms with Crippen LogP contribution in [0, 0.1) is 0 Å². The van der Waals surface area contributed by atoms with Crippen molar-refractivity contribution >= 4 is 40.7 Å². The van der Waals surface area contributed by atoms with Crippen LogP contribution in [0.5, 0.6) is 0 Å². The Hall–Kier alpha value is -1.52. The summed E-state index contributed by atoms with van der Waals surface area (Å²) in [6.07, 6.45) is 1.80. The van der Waals surface area contributed by atoms with Gasteiger partial charge in [0.1, 0.15) is 0 Å². The minimum Gasteiger partial charge on any atom is -0.339 e. The Bertz CT molecular complexity index is 518. The van der Waals surface area contributed by atoms with Gasteiger partial charge in [-0.05, 0) is 12.1 Å². The molecule has 0 saturated carbocycles. The number of hydrogen-bond acceptors (Lipinski definition) is 2. The fourth-order valence-electron chi connectivity index (χ4n) is 1.58. The number of nitrogens with zero attached hydrogens (tertiary/aromatic N) is 1. The molecule has 0 aliphatic heterocycles. The van der Waals surface area contributed by atoms with Crippen LogP contribution in [0.25, 0.3) is 0 Å². The molecule has 0 radical (unpaired) electrons. The standard InChI is InChI=1S/C14H16Cl2N2O2/c1-3-8-18(10(2)19)9-7-13(20)17-12-6-4-5-11(15)14(12)16/h3-6H,1,7-9H2,2H3,(H,17,20). The van der Waals surface area contributed by atoms with E-state index in [0.29, 0.717) is 28.8 Å². The van der Waals surface area contributed by atoms with Gasteiger partial charge in [0.15, 0.2) is 0 Å². The molecule has 0 fully saturated rings. The fourth-order valence-corrected chi connectivity index (χ4v) is 1.93. The molecule has 0 aliphatic carbocycles. The minimum atomic E-state index is -0.232. The summed E-state index contributed by atoms with van der Waals surface area (Å²) in [5.74, 6) is -0.331. The van der Waals surface area contributed by atoms with Crippen molar-refractivity contribution in [1.82, 2.24) is 4.90 Å². The second-order valence-corrected chi connectivity index (χ2v) is 4.94. The number of hydrogen-bond donors (Lipinski definition) is 1. The van der Waals surface area contributed by atoms with Gasteiger partial charge < -0.3 is 10.2 Å². The van der Waals surface area contributed by atoms with Crippen LogP contribution in [0.15, 0.2) is 30.9 Å². The number of anilines is 1. The summed E-state index contributed by atoms with van der Waals surface area (Å²) in [6, 6.07) is 5.00. The molecule has 1 N–H and O–H groups in total. The Kier molecular flexibility index (Phi) is 6.55. The van der Waals surface area contributed by atoms with Gasteiger partial charge >= 0.3 is 0 Å². The number of carbonyl (C=O) groups is 2. The van der Waals surface area contributed by atoms with E-state index in [1.54, 1.807) is 24.3 Å². The molecule has 0 bridgehead atoms. The molecule has 0 saturated heterocycles. The maximum Gasteiger partial charge on any atom is 0.226 e. The molecule has 6 heteroatoms. The number of amides is 2. The molecule has 20 heavy (non-hydrogen) atoms. The van der Waals surface area contributed by atoms with Crippen molar-refractivity contribution in [2.24, 2.45) is 0 Å². The van der Waals surface area contributed by atoms with E-state index in [9.17, 15) is 9.59 Å². The largest absolute Gasteiger partial charge is 0.339 e. The predicted octanol–water partition coefficient (Wildman–Crippen LogP) is 3.36. The highest BCUT2D eigenvalue weighted by Gasteiger charge is 2.11. The quantitative estimate of drug-likeness (QED) is 0.818. The number of nitrogens with one attached hydrogen (secondary N) is 1. The SMILES string of the molecule is C=CCN(CCC(=O)Nc1cccc(Cl)c1Cl)C(C)=O. The van der Waals surface area contributed by atoms with E-state index in [4.69, 9.17) is 23.2 Å². The van der Waals surface area contributed by atoms with Crippen LogP contribution in [0.4, 0.5) is 5.69 Å². The van der Waals surface area contributed by atoms with Gasteiger partial charge in [-0.1, -0.05) is 35.3 Å². The first kappa shape index (κ1) is 16.5. The first-order valence-electron chi connectivity index (χ1n) is 6.06. The van der Waals surface area contributed by atoms with Gasteiger partial charge in [-0.15, -0.1) is 6.58 Å². The summed E-state index contributed by atoms with van der Waals surface area (Å²) in [6.45, 7) is 5.77. The van der Waals surface area contributed by atoms with Crippen LogP contribution in [0.2, 0.25) is 10.0 Å². The Morgan fingerprint density at radius 1 is 1.40 bits per heavy atom. The van der Waals surface area contributed by atoms with Gasteiger partial charge in [-0.25, -0.2) is 0 Å². The average Bonchev–Trinajstić information content (AvgIpc) is 2.39. The lowest BCUT2D eigenvalue weighted by Crippen LogP contribution is -2.32. The molecule has 4 nitrogen and oxygen atoms in total. The van der Waals surface area contributed by atoms with Crippen molar-refractivity contribution in [3.05, 3.63) is 40.9 Å². The number of rotatable bonds is 6. The molecule has 1 rings (SSSR count). The van der Waals surface area contributed by atoms with Gasteiger partial charge in [0, 0.05) is 26.4 Å². The van der Waals surface area contributed by atoms with Crippen LogP contribution in [-0.4, -0.2) is 29.8 Å². The molecule has 0 aromatic heterocycles. The minimum absolute atomic E-state index is 0.0986. The third-order valence-corrected chi connectivity index (χ3v) is 3.45. The van der Waals surface area contributed by atoms with Crippen LogP contribution in [-0.2, 0) is 9.59 Å². The Morgan fingerprint density at radius 2 is 2.10 bits per heavy atom. The van der Waals surface area contributed by atoms with Gasteiger partial charge in [0.05, 0.1) is 15.7 Å². The second kappa shape index (κ2) is 7.92. The zero-order chi connectivity index (χ0) is 15.1. The molecule has 0 spiro atoms. The molecule has 1 aromatic rings. The van der Waals surface area contributed by atoms with Crippen molar-refractivity contribution < 1.29 is 9.59 Å².